The third-order valence-corrected chi connectivity index (χ3v) is 6.62. The molecule has 0 aliphatic rings. The molecular weight excluding hydrogens is 300 g/mol. The maximum absolute atomic E-state index is 11.0. The molecule has 23 heavy (non-hydrogen) atoms. The first-order valence-corrected chi connectivity index (χ1v) is 9.48. The van der Waals surface area contributed by atoms with Gasteiger partial charge < -0.3 is 9.59 Å². The van der Waals surface area contributed by atoms with Crippen LogP contribution < -0.4 is 10.4 Å². The Morgan fingerprint density at radius 2 is 1.13 bits per heavy atom. The molecule has 0 bridgehead atoms. The first-order chi connectivity index (χ1) is 11.2. The molecule has 0 atom stereocenters. The molecule has 2 N–H and O–H groups in total. The van der Waals surface area contributed by atoms with Crippen LogP contribution in [-0.4, -0.2) is 18.2 Å². The molecule has 2 nitrogen and oxygen atoms in total. The van der Waals surface area contributed by atoms with Crippen LogP contribution in [0.4, 0.5) is 0 Å². The Hall–Kier alpha value is -2.46. The minimum Gasteiger partial charge on any atom is -0.404 e. The second kappa shape index (κ2) is 5.32. The molecule has 0 heterocycles. The Labute approximate surface area is 135 Å². The molecule has 0 aromatic heterocycles. The lowest BCUT2D eigenvalue weighted by molar-refractivity contribution is 0.402. The molecule has 0 aliphatic heterocycles. The average molecular weight is 316 g/mol. The van der Waals surface area contributed by atoms with E-state index in [-0.39, 0.29) is 0 Å². The van der Waals surface area contributed by atoms with Crippen molar-refractivity contribution in [2.75, 3.05) is 0 Å². The summed E-state index contributed by atoms with van der Waals surface area (Å²) >= 11 is 0. The quantitative estimate of drug-likeness (QED) is 0.441. The maximum Gasteiger partial charge on any atom is 0.402 e. The lowest BCUT2D eigenvalue weighted by Gasteiger charge is -2.21. The predicted molar refractivity (Wildman–Crippen MR) is 97.4 cm³/mol. The Morgan fingerprint density at radius 1 is 0.565 bits per heavy atom. The van der Waals surface area contributed by atoms with Gasteiger partial charge in [-0.1, -0.05) is 78.9 Å². The van der Waals surface area contributed by atoms with Gasteiger partial charge in [-0.3, -0.25) is 0 Å². The van der Waals surface area contributed by atoms with Crippen LogP contribution in [0.15, 0.2) is 84.9 Å². The van der Waals surface area contributed by atoms with Gasteiger partial charge in [-0.2, -0.15) is 0 Å². The van der Waals surface area contributed by atoms with E-state index in [0.717, 1.165) is 21.5 Å². The molecule has 112 valence electrons. The average Bonchev–Trinajstić information content (AvgIpc) is 2.62. The van der Waals surface area contributed by atoms with Gasteiger partial charge in [0.2, 0.25) is 0 Å². The lowest BCUT2D eigenvalue weighted by Crippen LogP contribution is -2.59. The number of hydrogen-bond donors (Lipinski definition) is 2. The molecule has 0 aliphatic carbocycles. The molecule has 0 spiro atoms. The van der Waals surface area contributed by atoms with E-state index in [2.05, 4.69) is 6.07 Å². The minimum absolute atomic E-state index is 0.598. The highest BCUT2D eigenvalue weighted by molar-refractivity contribution is 6.92. The molecule has 0 radical (unpaired) electrons. The van der Waals surface area contributed by atoms with E-state index >= 15 is 0 Å². The van der Waals surface area contributed by atoms with E-state index < -0.39 is 8.56 Å². The largest absolute Gasteiger partial charge is 0.404 e. The zero-order chi connectivity index (χ0) is 15.9. The fourth-order valence-electron chi connectivity index (χ4n) is 3.17. The summed E-state index contributed by atoms with van der Waals surface area (Å²) in [5, 5.41) is 5.35. The summed E-state index contributed by atoms with van der Waals surface area (Å²) in [6.07, 6.45) is 0. The highest BCUT2D eigenvalue weighted by Gasteiger charge is 2.36. The van der Waals surface area contributed by atoms with E-state index in [1.807, 2.05) is 66.7 Å². The van der Waals surface area contributed by atoms with Gasteiger partial charge in [0.05, 0.1) is 0 Å². The fraction of sp³-hybridized carbons (Fsp3) is 0. The third kappa shape index (κ3) is 2.26. The summed E-state index contributed by atoms with van der Waals surface area (Å²) in [7, 11) is -3.74. The van der Waals surface area contributed by atoms with Crippen molar-refractivity contribution in [3.05, 3.63) is 84.9 Å². The minimum atomic E-state index is -3.74. The van der Waals surface area contributed by atoms with Crippen molar-refractivity contribution in [2.24, 2.45) is 0 Å². The Kier molecular flexibility index (Phi) is 3.27. The van der Waals surface area contributed by atoms with Gasteiger partial charge in [-0.05, 0) is 32.8 Å². The molecule has 0 amide bonds. The van der Waals surface area contributed by atoms with E-state index in [4.69, 9.17) is 0 Å². The van der Waals surface area contributed by atoms with Crippen molar-refractivity contribution in [2.45, 2.75) is 0 Å². The molecule has 0 saturated heterocycles. The highest BCUT2D eigenvalue weighted by atomic mass is 28.4. The van der Waals surface area contributed by atoms with Gasteiger partial charge in [0, 0.05) is 5.19 Å². The number of benzene rings is 4. The third-order valence-electron chi connectivity index (χ3n) is 4.32. The summed E-state index contributed by atoms with van der Waals surface area (Å²) in [5.74, 6) is 0. The number of rotatable bonds is 2. The van der Waals surface area contributed by atoms with Crippen LogP contribution >= 0.6 is 0 Å². The standard InChI is InChI=1S/C20H16O2Si/c21-23(22,16-9-2-1-3-10-16)20-14-15-8-4-5-11-17(15)18-12-6-7-13-19(18)20/h1-14,21-22H. The molecule has 3 heteroatoms. The van der Waals surface area contributed by atoms with Crippen LogP contribution in [0.2, 0.25) is 0 Å². The lowest BCUT2D eigenvalue weighted by atomic mass is 10.0. The normalized spacial score (nSPS) is 11.9. The fourth-order valence-corrected chi connectivity index (χ4v) is 5.09. The van der Waals surface area contributed by atoms with Gasteiger partial charge >= 0.3 is 8.56 Å². The molecule has 4 aromatic rings. The molecule has 0 unspecified atom stereocenters. The number of hydrogen-bond acceptors (Lipinski definition) is 2. The van der Waals surface area contributed by atoms with Crippen LogP contribution in [0.3, 0.4) is 0 Å². The topological polar surface area (TPSA) is 40.5 Å². The zero-order valence-corrected chi connectivity index (χ0v) is 13.5. The Morgan fingerprint density at radius 3 is 1.87 bits per heavy atom. The van der Waals surface area contributed by atoms with Crippen LogP contribution in [-0.2, 0) is 0 Å². The van der Waals surface area contributed by atoms with Crippen molar-refractivity contribution >= 4 is 40.5 Å². The molecule has 0 fully saturated rings. The Balaban J connectivity index is 2.10. The van der Waals surface area contributed by atoms with Gasteiger partial charge in [-0.15, -0.1) is 0 Å². The van der Waals surface area contributed by atoms with Gasteiger partial charge in [0.15, 0.2) is 0 Å². The SMILES string of the molecule is O[Si](O)(c1ccccc1)c1cc2ccccc2c2ccccc12. The molecule has 4 aromatic carbocycles. The monoisotopic (exact) mass is 316 g/mol. The van der Waals surface area contributed by atoms with Crippen molar-refractivity contribution in [3.63, 3.8) is 0 Å². The smallest absolute Gasteiger partial charge is 0.402 e. The first-order valence-electron chi connectivity index (χ1n) is 7.59. The van der Waals surface area contributed by atoms with E-state index in [0.29, 0.717) is 10.4 Å². The van der Waals surface area contributed by atoms with Crippen molar-refractivity contribution in [1.82, 2.24) is 0 Å². The van der Waals surface area contributed by atoms with Crippen molar-refractivity contribution in [1.29, 1.82) is 0 Å². The van der Waals surface area contributed by atoms with Gasteiger partial charge in [-0.25, -0.2) is 0 Å². The van der Waals surface area contributed by atoms with Crippen LogP contribution in [0, 0.1) is 0 Å². The summed E-state index contributed by atoms with van der Waals surface area (Å²) in [6.45, 7) is 0. The molecule has 0 saturated carbocycles. The molecular formula is C20H16O2Si. The van der Waals surface area contributed by atoms with Crippen LogP contribution in [0.25, 0.3) is 21.5 Å². The predicted octanol–water partition coefficient (Wildman–Crippen LogP) is 2.53. The maximum atomic E-state index is 11.0. The summed E-state index contributed by atoms with van der Waals surface area (Å²) < 4.78 is 0. The van der Waals surface area contributed by atoms with Crippen LogP contribution in [0.1, 0.15) is 0 Å². The summed E-state index contributed by atoms with van der Waals surface area (Å²) in [6, 6.07) is 27.1. The summed E-state index contributed by atoms with van der Waals surface area (Å²) in [5.41, 5.74) is 0. The first kappa shape index (κ1) is 14.1. The molecule has 4 rings (SSSR count). The zero-order valence-electron chi connectivity index (χ0n) is 12.5. The second-order valence-corrected chi connectivity index (χ2v) is 8.19. The Bertz CT molecular complexity index is 994. The van der Waals surface area contributed by atoms with Crippen molar-refractivity contribution in [3.8, 4) is 0 Å². The van der Waals surface area contributed by atoms with Gasteiger partial charge in [0.1, 0.15) is 0 Å². The van der Waals surface area contributed by atoms with E-state index in [1.54, 1.807) is 12.1 Å². The second-order valence-electron chi connectivity index (χ2n) is 5.73. The highest BCUT2D eigenvalue weighted by Crippen LogP contribution is 2.25. The van der Waals surface area contributed by atoms with Crippen molar-refractivity contribution < 1.29 is 9.59 Å². The van der Waals surface area contributed by atoms with E-state index in [9.17, 15) is 9.59 Å². The van der Waals surface area contributed by atoms with Crippen LogP contribution in [0.5, 0.6) is 0 Å². The van der Waals surface area contributed by atoms with Gasteiger partial charge in [0.25, 0.3) is 0 Å². The van der Waals surface area contributed by atoms with E-state index in [1.165, 1.54) is 0 Å². The number of fused-ring (bicyclic) bond motifs is 3. The summed E-state index contributed by atoms with van der Waals surface area (Å²) in [4.78, 5) is 22.0.